The van der Waals surface area contributed by atoms with Crippen LogP contribution in [0.1, 0.15) is 19.3 Å². The van der Waals surface area contributed by atoms with E-state index in [1.54, 1.807) is 5.57 Å². The van der Waals surface area contributed by atoms with Crippen LogP contribution in [-0.2, 0) is 0 Å². The van der Waals surface area contributed by atoms with Crippen LogP contribution in [0.25, 0.3) is 0 Å². The summed E-state index contributed by atoms with van der Waals surface area (Å²) in [4.78, 5) is 0. The van der Waals surface area contributed by atoms with Crippen molar-refractivity contribution in [1.29, 1.82) is 0 Å². The molecule has 1 aliphatic rings. The quantitative estimate of drug-likeness (QED) is 0.618. The first-order valence-corrected chi connectivity index (χ1v) is 5.04. The molecule has 1 nitrogen and oxygen atoms in total. The van der Waals surface area contributed by atoms with Crippen molar-refractivity contribution in [3.8, 4) is 0 Å². The van der Waals surface area contributed by atoms with E-state index in [4.69, 9.17) is 5.73 Å². The lowest BCUT2D eigenvalue weighted by Crippen LogP contribution is -2.00. The van der Waals surface area contributed by atoms with Crippen LogP contribution in [0.15, 0.2) is 11.6 Å². The van der Waals surface area contributed by atoms with E-state index in [9.17, 15) is 0 Å². The van der Waals surface area contributed by atoms with Crippen LogP contribution in [0.4, 0.5) is 0 Å². The average Bonchev–Trinajstić information content (AvgIpc) is 2.03. The molecule has 1 fully saturated rings. The number of thioether (sulfide) groups is 1. The lowest BCUT2D eigenvalue weighted by molar-refractivity contribution is 0.919. The largest absolute Gasteiger partial charge is 0.330 e. The first-order chi connectivity index (χ1) is 4.93. The maximum atomic E-state index is 5.40. The first-order valence-electron chi connectivity index (χ1n) is 3.89. The van der Waals surface area contributed by atoms with E-state index in [-0.39, 0.29) is 0 Å². The van der Waals surface area contributed by atoms with Crippen molar-refractivity contribution in [3.05, 3.63) is 11.6 Å². The van der Waals surface area contributed by atoms with Crippen LogP contribution in [0.5, 0.6) is 0 Å². The summed E-state index contributed by atoms with van der Waals surface area (Å²) in [5.41, 5.74) is 7.02. The minimum atomic E-state index is 0.802. The van der Waals surface area contributed by atoms with Crippen LogP contribution in [0.2, 0.25) is 0 Å². The van der Waals surface area contributed by atoms with E-state index in [1.165, 1.54) is 24.3 Å². The Kier molecular flexibility index (Phi) is 3.91. The van der Waals surface area contributed by atoms with Crippen molar-refractivity contribution in [2.24, 2.45) is 5.73 Å². The Hall–Kier alpha value is 0.0500. The molecule has 1 saturated heterocycles. The van der Waals surface area contributed by atoms with Crippen molar-refractivity contribution >= 4 is 11.8 Å². The fraction of sp³-hybridized carbons (Fsp3) is 0.750. The summed E-state index contributed by atoms with van der Waals surface area (Å²) in [5.74, 6) is 2.63. The Morgan fingerprint density at radius 3 is 2.70 bits per heavy atom. The summed E-state index contributed by atoms with van der Waals surface area (Å²) < 4.78 is 0. The maximum absolute atomic E-state index is 5.40. The van der Waals surface area contributed by atoms with Gasteiger partial charge in [0.15, 0.2) is 0 Å². The van der Waals surface area contributed by atoms with Gasteiger partial charge >= 0.3 is 0 Å². The molecule has 0 aromatic rings. The molecular formula is C8H15NS. The van der Waals surface area contributed by atoms with Gasteiger partial charge in [-0.25, -0.2) is 0 Å². The molecule has 0 unspecified atom stereocenters. The molecular weight excluding hydrogens is 142 g/mol. The van der Waals surface area contributed by atoms with Gasteiger partial charge in [-0.05, 0) is 37.3 Å². The predicted octanol–water partition coefficient (Wildman–Crippen LogP) is 1.79. The molecule has 0 saturated carbocycles. The van der Waals surface area contributed by atoms with Gasteiger partial charge in [0.05, 0.1) is 0 Å². The summed E-state index contributed by atoms with van der Waals surface area (Å²) >= 11 is 2.06. The van der Waals surface area contributed by atoms with Gasteiger partial charge in [0, 0.05) is 0 Å². The van der Waals surface area contributed by atoms with Crippen molar-refractivity contribution in [1.82, 2.24) is 0 Å². The van der Waals surface area contributed by atoms with Gasteiger partial charge in [-0.3, -0.25) is 0 Å². The molecule has 1 rings (SSSR count). The van der Waals surface area contributed by atoms with Crippen LogP contribution < -0.4 is 5.73 Å². The van der Waals surface area contributed by atoms with E-state index < -0.39 is 0 Å². The van der Waals surface area contributed by atoms with Crippen molar-refractivity contribution < 1.29 is 0 Å². The second kappa shape index (κ2) is 4.80. The average molecular weight is 157 g/mol. The molecule has 2 heteroatoms. The lowest BCUT2D eigenvalue weighted by atomic mass is 10.1. The van der Waals surface area contributed by atoms with E-state index in [1.807, 2.05) is 0 Å². The second-order valence-electron chi connectivity index (χ2n) is 2.55. The topological polar surface area (TPSA) is 26.0 Å². The molecule has 0 aromatic heterocycles. The number of hydrogen-bond donors (Lipinski definition) is 1. The summed E-state index contributed by atoms with van der Waals surface area (Å²) in [6.07, 6.45) is 5.98. The first kappa shape index (κ1) is 8.15. The van der Waals surface area contributed by atoms with Gasteiger partial charge in [0.2, 0.25) is 0 Å². The maximum Gasteiger partial charge on any atom is -0.00301 e. The third-order valence-electron chi connectivity index (χ3n) is 1.73. The highest BCUT2D eigenvalue weighted by Crippen LogP contribution is 2.21. The summed E-state index contributed by atoms with van der Waals surface area (Å²) in [5, 5.41) is 0. The van der Waals surface area contributed by atoms with Crippen molar-refractivity contribution in [2.45, 2.75) is 19.3 Å². The molecule has 0 spiro atoms. The summed E-state index contributed by atoms with van der Waals surface area (Å²) in [7, 11) is 0. The standard InChI is InChI=1S/C8H15NS/c9-5-1-2-8-3-6-10-7-4-8/h2H,1,3-7,9H2. The molecule has 0 aromatic carbocycles. The Balaban J connectivity index is 2.23. The Morgan fingerprint density at radius 1 is 1.40 bits per heavy atom. The van der Waals surface area contributed by atoms with Gasteiger partial charge < -0.3 is 5.73 Å². The zero-order valence-electron chi connectivity index (χ0n) is 6.31. The zero-order valence-corrected chi connectivity index (χ0v) is 7.12. The molecule has 0 atom stereocenters. The predicted molar refractivity (Wildman–Crippen MR) is 48.3 cm³/mol. The molecule has 58 valence electrons. The van der Waals surface area contributed by atoms with Crippen molar-refractivity contribution in [2.75, 3.05) is 18.1 Å². The molecule has 1 aliphatic heterocycles. The Morgan fingerprint density at radius 2 is 2.10 bits per heavy atom. The normalized spacial score (nSPS) is 19.1. The highest BCUT2D eigenvalue weighted by Gasteiger charge is 2.03. The van der Waals surface area contributed by atoms with E-state index >= 15 is 0 Å². The van der Waals surface area contributed by atoms with Crippen LogP contribution in [0.3, 0.4) is 0 Å². The smallest absolute Gasteiger partial charge is 0.00301 e. The summed E-state index contributed by atoms with van der Waals surface area (Å²) in [6, 6.07) is 0. The van der Waals surface area contributed by atoms with Crippen LogP contribution in [0, 0.1) is 0 Å². The van der Waals surface area contributed by atoms with Crippen molar-refractivity contribution in [3.63, 3.8) is 0 Å². The third-order valence-corrected chi connectivity index (χ3v) is 2.72. The Labute approximate surface area is 67.1 Å². The van der Waals surface area contributed by atoms with Gasteiger partial charge in [-0.1, -0.05) is 11.6 Å². The fourth-order valence-electron chi connectivity index (χ4n) is 1.13. The molecule has 0 amide bonds. The van der Waals surface area contributed by atoms with Gasteiger partial charge in [0.25, 0.3) is 0 Å². The minimum absolute atomic E-state index is 0.802. The SMILES string of the molecule is NCCC=C1CCSCC1. The molecule has 1 heterocycles. The van der Waals surface area contributed by atoms with Crippen LogP contribution >= 0.6 is 11.8 Å². The zero-order chi connectivity index (χ0) is 7.23. The second-order valence-corrected chi connectivity index (χ2v) is 3.78. The number of hydrogen-bond acceptors (Lipinski definition) is 2. The Bertz CT molecular complexity index is 112. The molecule has 0 bridgehead atoms. The monoisotopic (exact) mass is 157 g/mol. The third kappa shape index (κ3) is 2.76. The molecule has 2 N–H and O–H groups in total. The highest BCUT2D eigenvalue weighted by molar-refractivity contribution is 7.99. The number of rotatable bonds is 2. The molecule has 0 radical (unpaired) electrons. The van der Waals surface area contributed by atoms with Gasteiger partial charge in [-0.2, -0.15) is 11.8 Å². The lowest BCUT2D eigenvalue weighted by Gasteiger charge is -2.12. The highest BCUT2D eigenvalue weighted by atomic mass is 32.2. The molecule has 0 aliphatic carbocycles. The van der Waals surface area contributed by atoms with Gasteiger partial charge in [0.1, 0.15) is 0 Å². The fourth-order valence-corrected chi connectivity index (χ4v) is 2.14. The van der Waals surface area contributed by atoms with E-state index in [0.29, 0.717) is 0 Å². The van der Waals surface area contributed by atoms with E-state index in [0.717, 1.165) is 13.0 Å². The van der Waals surface area contributed by atoms with Crippen LogP contribution in [-0.4, -0.2) is 18.1 Å². The number of allylic oxidation sites excluding steroid dienone is 1. The minimum Gasteiger partial charge on any atom is -0.330 e. The van der Waals surface area contributed by atoms with Gasteiger partial charge in [-0.15, -0.1) is 0 Å². The number of nitrogens with two attached hydrogens (primary N) is 1. The molecule has 10 heavy (non-hydrogen) atoms. The van der Waals surface area contributed by atoms with E-state index in [2.05, 4.69) is 17.8 Å². The summed E-state index contributed by atoms with van der Waals surface area (Å²) in [6.45, 7) is 0.802.